The third-order valence-electron chi connectivity index (χ3n) is 3.00. The number of nitrogens with zero attached hydrogens (tertiary/aromatic N) is 1. The maximum Gasteiger partial charge on any atom is 0.338 e. The third kappa shape index (κ3) is 2.16. The molecule has 1 fully saturated rings. The van der Waals surface area contributed by atoms with Crippen LogP contribution in [0.25, 0.3) is 0 Å². The van der Waals surface area contributed by atoms with E-state index < -0.39 is 0 Å². The molecule has 0 aliphatic carbocycles. The van der Waals surface area contributed by atoms with Gasteiger partial charge in [0, 0.05) is 18.7 Å². The Labute approximate surface area is 100 Å². The van der Waals surface area contributed by atoms with Crippen LogP contribution in [0.1, 0.15) is 28.8 Å². The van der Waals surface area contributed by atoms with Crippen LogP contribution < -0.4 is 4.90 Å². The van der Waals surface area contributed by atoms with Gasteiger partial charge in [0.05, 0.1) is 12.7 Å². The number of esters is 1. The van der Waals surface area contributed by atoms with E-state index in [9.17, 15) is 9.59 Å². The first-order chi connectivity index (χ1) is 8.13. The number of aryl methyl sites for hydroxylation is 1. The monoisotopic (exact) mass is 233 g/mol. The number of carbonyl (C=O) groups is 2. The van der Waals surface area contributed by atoms with Gasteiger partial charge in [-0.2, -0.15) is 0 Å². The summed E-state index contributed by atoms with van der Waals surface area (Å²) < 4.78 is 4.68. The summed E-state index contributed by atoms with van der Waals surface area (Å²) in [6.45, 7) is 2.60. The summed E-state index contributed by atoms with van der Waals surface area (Å²) in [4.78, 5) is 24.8. The lowest BCUT2D eigenvalue weighted by Crippen LogP contribution is -2.23. The standard InChI is InChI=1S/C13H15NO3/c1-9-8-10(14-7-3-4-12(14)15)5-6-11(9)13(16)17-2/h5-6,8H,3-4,7H2,1-2H3. The van der Waals surface area contributed by atoms with Crippen LogP contribution in [0.2, 0.25) is 0 Å². The van der Waals surface area contributed by atoms with E-state index in [4.69, 9.17) is 0 Å². The lowest BCUT2D eigenvalue weighted by molar-refractivity contribution is -0.117. The minimum atomic E-state index is -0.346. The van der Waals surface area contributed by atoms with Crippen LogP contribution in [0, 0.1) is 6.92 Å². The molecular weight excluding hydrogens is 218 g/mol. The molecular formula is C13H15NO3. The van der Waals surface area contributed by atoms with Gasteiger partial charge < -0.3 is 9.64 Å². The first-order valence-electron chi connectivity index (χ1n) is 5.63. The Kier molecular flexibility index (Phi) is 3.13. The Morgan fingerprint density at radius 1 is 1.41 bits per heavy atom. The van der Waals surface area contributed by atoms with Crippen LogP contribution in [-0.2, 0) is 9.53 Å². The highest BCUT2D eigenvalue weighted by atomic mass is 16.5. The molecule has 1 aliphatic rings. The lowest BCUT2D eigenvalue weighted by atomic mass is 10.1. The molecule has 0 radical (unpaired) electrons. The van der Waals surface area contributed by atoms with Crippen molar-refractivity contribution in [2.45, 2.75) is 19.8 Å². The van der Waals surface area contributed by atoms with Gasteiger partial charge in [0.15, 0.2) is 0 Å². The SMILES string of the molecule is COC(=O)c1ccc(N2CCCC2=O)cc1C. The molecule has 1 aromatic carbocycles. The molecule has 0 saturated carbocycles. The molecule has 2 rings (SSSR count). The van der Waals surface area contributed by atoms with E-state index in [0.29, 0.717) is 12.0 Å². The highest BCUT2D eigenvalue weighted by molar-refractivity contribution is 5.97. The van der Waals surface area contributed by atoms with E-state index in [1.807, 2.05) is 13.0 Å². The van der Waals surface area contributed by atoms with Gasteiger partial charge in [-0.25, -0.2) is 4.79 Å². The highest BCUT2D eigenvalue weighted by Crippen LogP contribution is 2.24. The Morgan fingerprint density at radius 3 is 2.71 bits per heavy atom. The number of ether oxygens (including phenoxy) is 1. The van der Waals surface area contributed by atoms with Crippen molar-refractivity contribution in [2.75, 3.05) is 18.6 Å². The van der Waals surface area contributed by atoms with Crippen molar-refractivity contribution in [3.63, 3.8) is 0 Å². The number of hydrogen-bond acceptors (Lipinski definition) is 3. The van der Waals surface area contributed by atoms with E-state index in [1.165, 1.54) is 7.11 Å². The number of methoxy groups -OCH3 is 1. The molecule has 0 unspecified atom stereocenters. The van der Waals surface area contributed by atoms with E-state index >= 15 is 0 Å². The fourth-order valence-corrected chi connectivity index (χ4v) is 2.08. The molecule has 90 valence electrons. The average molecular weight is 233 g/mol. The number of benzene rings is 1. The van der Waals surface area contributed by atoms with E-state index in [-0.39, 0.29) is 11.9 Å². The predicted molar refractivity (Wildman–Crippen MR) is 64.1 cm³/mol. The molecule has 1 heterocycles. The molecule has 1 aliphatic heterocycles. The van der Waals surface area contributed by atoms with Crippen LogP contribution >= 0.6 is 0 Å². The predicted octanol–water partition coefficient (Wildman–Crippen LogP) is 1.91. The summed E-state index contributed by atoms with van der Waals surface area (Å²) >= 11 is 0. The summed E-state index contributed by atoms with van der Waals surface area (Å²) in [5.74, 6) is -0.197. The van der Waals surface area contributed by atoms with Crippen molar-refractivity contribution in [3.05, 3.63) is 29.3 Å². The average Bonchev–Trinajstić information content (AvgIpc) is 2.74. The second-order valence-corrected chi connectivity index (χ2v) is 4.14. The summed E-state index contributed by atoms with van der Waals surface area (Å²) in [5.41, 5.74) is 2.23. The topological polar surface area (TPSA) is 46.6 Å². The molecule has 0 spiro atoms. The minimum Gasteiger partial charge on any atom is -0.465 e. The van der Waals surface area contributed by atoms with Gasteiger partial charge in [-0.1, -0.05) is 0 Å². The van der Waals surface area contributed by atoms with Gasteiger partial charge in [0.1, 0.15) is 0 Å². The van der Waals surface area contributed by atoms with Crippen molar-refractivity contribution in [1.82, 2.24) is 0 Å². The first kappa shape index (κ1) is 11.6. The van der Waals surface area contributed by atoms with Gasteiger partial charge >= 0.3 is 5.97 Å². The minimum absolute atomic E-state index is 0.148. The number of amides is 1. The Balaban J connectivity index is 2.30. The van der Waals surface area contributed by atoms with Crippen LogP contribution in [0.15, 0.2) is 18.2 Å². The van der Waals surface area contributed by atoms with E-state index in [2.05, 4.69) is 4.74 Å². The normalized spacial score (nSPS) is 15.2. The fraction of sp³-hybridized carbons (Fsp3) is 0.385. The van der Waals surface area contributed by atoms with Crippen molar-refractivity contribution in [3.8, 4) is 0 Å². The molecule has 17 heavy (non-hydrogen) atoms. The second kappa shape index (κ2) is 4.57. The fourth-order valence-electron chi connectivity index (χ4n) is 2.08. The maximum atomic E-state index is 11.6. The zero-order valence-electron chi connectivity index (χ0n) is 10.0. The highest BCUT2D eigenvalue weighted by Gasteiger charge is 2.22. The van der Waals surface area contributed by atoms with Gasteiger partial charge in [0.25, 0.3) is 0 Å². The zero-order chi connectivity index (χ0) is 12.4. The second-order valence-electron chi connectivity index (χ2n) is 4.14. The summed E-state index contributed by atoms with van der Waals surface area (Å²) in [7, 11) is 1.36. The molecule has 1 amide bonds. The molecule has 4 heteroatoms. The largest absolute Gasteiger partial charge is 0.465 e. The van der Waals surface area contributed by atoms with Crippen LogP contribution in [0.5, 0.6) is 0 Å². The van der Waals surface area contributed by atoms with Gasteiger partial charge in [-0.3, -0.25) is 4.79 Å². The van der Waals surface area contributed by atoms with E-state index in [1.54, 1.807) is 17.0 Å². The zero-order valence-corrected chi connectivity index (χ0v) is 10.0. The van der Waals surface area contributed by atoms with Crippen LogP contribution in [0.3, 0.4) is 0 Å². The van der Waals surface area contributed by atoms with Gasteiger partial charge in [0.2, 0.25) is 5.91 Å². The number of rotatable bonds is 2. The quantitative estimate of drug-likeness (QED) is 0.733. The Hall–Kier alpha value is -1.84. The molecule has 0 bridgehead atoms. The molecule has 0 N–H and O–H groups in total. The molecule has 0 atom stereocenters. The van der Waals surface area contributed by atoms with Gasteiger partial charge in [-0.15, -0.1) is 0 Å². The van der Waals surface area contributed by atoms with Crippen molar-refractivity contribution < 1.29 is 14.3 Å². The van der Waals surface area contributed by atoms with E-state index in [0.717, 1.165) is 24.2 Å². The molecule has 1 saturated heterocycles. The number of carbonyl (C=O) groups excluding carboxylic acids is 2. The first-order valence-corrected chi connectivity index (χ1v) is 5.63. The summed E-state index contributed by atoms with van der Waals surface area (Å²) in [6, 6.07) is 5.36. The number of anilines is 1. The Bertz CT molecular complexity index is 468. The summed E-state index contributed by atoms with van der Waals surface area (Å²) in [5, 5.41) is 0. The number of hydrogen-bond donors (Lipinski definition) is 0. The smallest absolute Gasteiger partial charge is 0.338 e. The van der Waals surface area contributed by atoms with Crippen molar-refractivity contribution >= 4 is 17.6 Å². The van der Waals surface area contributed by atoms with Crippen molar-refractivity contribution in [1.29, 1.82) is 0 Å². The Morgan fingerprint density at radius 2 is 2.18 bits per heavy atom. The molecule has 0 aromatic heterocycles. The molecule has 1 aromatic rings. The van der Waals surface area contributed by atoms with Crippen LogP contribution in [-0.4, -0.2) is 25.5 Å². The lowest BCUT2D eigenvalue weighted by Gasteiger charge is -2.17. The van der Waals surface area contributed by atoms with Crippen LogP contribution in [0.4, 0.5) is 5.69 Å². The van der Waals surface area contributed by atoms with Crippen molar-refractivity contribution in [2.24, 2.45) is 0 Å². The van der Waals surface area contributed by atoms with Gasteiger partial charge in [-0.05, 0) is 37.1 Å². The molecule has 4 nitrogen and oxygen atoms in total. The maximum absolute atomic E-state index is 11.6. The third-order valence-corrected chi connectivity index (χ3v) is 3.00. The summed E-state index contributed by atoms with van der Waals surface area (Å²) in [6.07, 6.45) is 1.51.